The maximum absolute atomic E-state index is 11.9. The molecule has 3 nitrogen and oxygen atoms in total. The molecule has 2 saturated carbocycles. The van der Waals surface area contributed by atoms with Crippen molar-refractivity contribution in [1.82, 2.24) is 5.32 Å². The maximum atomic E-state index is 11.9. The molecule has 0 saturated heterocycles. The fourth-order valence-corrected chi connectivity index (χ4v) is 5.84. The highest BCUT2D eigenvalue weighted by Gasteiger charge is 2.50. The summed E-state index contributed by atoms with van der Waals surface area (Å²) < 4.78 is 23.8. The SMILES string of the molecule is CCCS(=O)(=O)CCC1(CNC)CC2CCC1C2. The Morgan fingerprint density at radius 3 is 2.56 bits per heavy atom. The van der Waals surface area contributed by atoms with Crippen molar-refractivity contribution < 1.29 is 8.42 Å². The first-order chi connectivity index (χ1) is 8.51. The lowest BCUT2D eigenvalue weighted by Crippen LogP contribution is -2.39. The second-order valence-electron chi connectivity index (χ2n) is 6.37. The van der Waals surface area contributed by atoms with Gasteiger partial charge in [-0.05, 0) is 56.4 Å². The number of nitrogens with one attached hydrogen (secondary N) is 1. The summed E-state index contributed by atoms with van der Waals surface area (Å²) in [6.45, 7) is 2.94. The molecule has 2 rings (SSSR count). The average Bonchev–Trinajstić information content (AvgIpc) is 2.88. The Balaban J connectivity index is 2.00. The van der Waals surface area contributed by atoms with Crippen molar-refractivity contribution in [2.75, 3.05) is 25.1 Å². The Morgan fingerprint density at radius 1 is 1.28 bits per heavy atom. The number of fused-ring (bicyclic) bond motifs is 2. The molecule has 2 bridgehead atoms. The quantitative estimate of drug-likeness (QED) is 0.773. The van der Waals surface area contributed by atoms with Crippen molar-refractivity contribution in [2.24, 2.45) is 17.3 Å². The zero-order valence-electron chi connectivity index (χ0n) is 11.7. The molecule has 0 radical (unpaired) electrons. The first-order valence-corrected chi connectivity index (χ1v) is 9.18. The minimum atomic E-state index is -2.82. The van der Waals surface area contributed by atoms with E-state index >= 15 is 0 Å². The number of hydrogen-bond donors (Lipinski definition) is 1. The lowest BCUT2D eigenvalue weighted by atomic mass is 9.71. The predicted molar refractivity (Wildman–Crippen MR) is 75.4 cm³/mol. The van der Waals surface area contributed by atoms with E-state index in [1.54, 1.807) is 0 Å². The molecule has 0 spiro atoms. The van der Waals surface area contributed by atoms with E-state index < -0.39 is 9.84 Å². The Bertz CT molecular complexity index is 379. The summed E-state index contributed by atoms with van der Waals surface area (Å²) in [5.74, 6) is 2.40. The zero-order chi connectivity index (χ0) is 13.2. The normalized spacial score (nSPS) is 35.2. The second-order valence-corrected chi connectivity index (χ2v) is 8.68. The van der Waals surface area contributed by atoms with Crippen LogP contribution in [0.1, 0.15) is 45.4 Å². The van der Waals surface area contributed by atoms with Crippen LogP contribution in [0.2, 0.25) is 0 Å². The van der Waals surface area contributed by atoms with Crippen LogP contribution in [0.5, 0.6) is 0 Å². The van der Waals surface area contributed by atoms with Crippen LogP contribution in [0.4, 0.5) is 0 Å². The van der Waals surface area contributed by atoms with Gasteiger partial charge in [-0.1, -0.05) is 13.3 Å². The zero-order valence-corrected chi connectivity index (χ0v) is 12.6. The van der Waals surface area contributed by atoms with E-state index in [-0.39, 0.29) is 5.41 Å². The van der Waals surface area contributed by atoms with Crippen LogP contribution in [0.15, 0.2) is 0 Å². The highest BCUT2D eigenvalue weighted by Crippen LogP contribution is 2.57. The van der Waals surface area contributed by atoms with Crippen molar-refractivity contribution >= 4 is 9.84 Å². The first kappa shape index (κ1) is 14.3. The second kappa shape index (κ2) is 5.49. The number of rotatable bonds is 7. The molecule has 0 aromatic carbocycles. The summed E-state index contributed by atoms with van der Waals surface area (Å²) in [5.41, 5.74) is 0.276. The molecule has 0 heterocycles. The Hall–Kier alpha value is -0.0900. The van der Waals surface area contributed by atoms with Gasteiger partial charge in [0.2, 0.25) is 0 Å². The Kier molecular flexibility index (Phi) is 4.37. The summed E-state index contributed by atoms with van der Waals surface area (Å²) in [4.78, 5) is 0. The molecule has 4 heteroatoms. The van der Waals surface area contributed by atoms with Gasteiger partial charge in [0.05, 0.1) is 5.75 Å². The van der Waals surface area contributed by atoms with Gasteiger partial charge in [-0.15, -0.1) is 0 Å². The van der Waals surface area contributed by atoms with Crippen LogP contribution in [0, 0.1) is 17.3 Å². The summed E-state index contributed by atoms with van der Waals surface area (Å²) in [7, 11) is -0.826. The minimum Gasteiger partial charge on any atom is -0.319 e. The molecule has 3 unspecified atom stereocenters. The molecule has 3 atom stereocenters. The van der Waals surface area contributed by atoms with Gasteiger partial charge in [-0.3, -0.25) is 0 Å². The lowest BCUT2D eigenvalue weighted by Gasteiger charge is -2.38. The summed E-state index contributed by atoms with van der Waals surface area (Å²) in [5, 5.41) is 3.31. The van der Waals surface area contributed by atoms with Crippen molar-refractivity contribution in [2.45, 2.75) is 45.4 Å². The number of sulfone groups is 1. The standard InChI is InChI=1S/C14H27NO2S/c1-3-7-18(16,17)8-6-14(11-15-2)10-12-4-5-13(14)9-12/h12-13,15H,3-11H2,1-2H3. The molecule has 0 aliphatic heterocycles. The lowest BCUT2D eigenvalue weighted by molar-refractivity contribution is 0.155. The predicted octanol–water partition coefficient (Wildman–Crippen LogP) is 2.23. The van der Waals surface area contributed by atoms with Gasteiger partial charge in [0.15, 0.2) is 0 Å². The van der Waals surface area contributed by atoms with Crippen LogP contribution in [0.3, 0.4) is 0 Å². The van der Waals surface area contributed by atoms with E-state index in [0.29, 0.717) is 11.5 Å². The number of hydrogen-bond acceptors (Lipinski definition) is 3. The van der Waals surface area contributed by atoms with E-state index in [1.165, 1.54) is 25.7 Å². The van der Waals surface area contributed by atoms with Crippen LogP contribution in [-0.2, 0) is 9.84 Å². The molecule has 0 aromatic heterocycles. The van der Waals surface area contributed by atoms with Crippen LogP contribution < -0.4 is 5.32 Å². The molecule has 2 aliphatic carbocycles. The van der Waals surface area contributed by atoms with Gasteiger partial charge < -0.3 is 5.32 Å². The van der Waals surface area contributed by atoms with Gasteiger partial charge in [0.25, 0.3) is 0 Å². The van der Waals surface area contributed by atoms with Gasteiger partial charge in [-0.25, -0.2) is 8.42 Å². The van der Waals surface area contributed by atoms with Gasteiger partial charge in [-0.2, -0.15) is 0 Å². The molecule has 2 fully saturated rings. The topological polar surface area (TPSA) is 46.2 Å². The fourth-order valence-electron chi connectivity index (χ4n) is 4.29. The largest absolute Gasteiger partial charge is 0.319 e. The van der Waals surface area contributed by atoms with Gasteiger partial charge in [0, 0.05) is 12.3 Å². The third-order valence-corrected chi connectivity index (χ3v) is 6.91. The smallest absolute Gasteiger partial charge is 0.150 e. The van der Waals surface area contributed by atoms with Crippen molar-refractivity contribution in [3.8, 4) is 0 Å². The van der Waals surface area contributed by atoms with Gasteiger partial charge in [0.1, 0.15) is 9.84 Å². The Morgan fingerprint density at radius 2 is 2.06 bits per heavy atom. The summed E-state index contributed by atoms with van der Waals surface area (Å²) >= 11 is 0. The first-order valence-electron chi connectivity index (χ1n) is 7.36. The highest BCUT2D eigenvalue weighted by molar-refractivity contribution is 7.91. The Labute approximate surface area is 112 Å². The van der Waals surface area contributed by atoms with Crippen LogP contribution in [0.25, 0.3) is 0 Å². The molecular weight excluding hydrogens is 246 g/mol. The van der Waals surface area contributed by atoms with Crippen LogP contribution >= 0.6 is 0 Å². The molecular formula is C14H27NO2S. The monoisotopic (exact) mass is 273 g/mol. The minimum absolute atomic E-state index is 0.276. The fraction of sp³-hybridized carbons (Fsp3) is 1.00. The third kappa shape index (κ3) is 2.90. The molecule has 0 amide bonds. The highest BCUT2D eigenvalue weighted by atomic mass is 32.2. The molecule has 0 aromatic rings. The molecule has 1 N–H and O–H groups in total. The molecule has 106 valence electrons. The molecule has 18 heavy (non-hydrogen) atoms. The van der Waals surface area contributed by atoms with Crippen molar-refractivity contribution in [1.29, 1.82) is 0 Å². The summed E-state index contributed by atoms with van der Waals surface area (Å²) in [6, 6.07) is 0. The van der Waals surface area contributed by atoms with E-state index in [0.717, 1.165) is 31.2 Å². The van der Waals surface area contributed by atoms with E-state index in [1.807, 2.05) is 14.0 Å². The summed E-state index contributed by atoms with van der Waals surface area (Å²) in [6.07, 6.45) is 6.90. The average molecular weight is 273 g/mol. The van der Waals surface area contributed by atoms with E-state index in [9.17, 15) is 8.42 Å². The van der Waals surface area contributed by atoms with E-state index in [2.05, 4.69) is 5.32 Å². The third-order valence-electron chi connectivity index (χ3n) is 5.06. The van der Waals surface area contributed by atoms with E-state index in [4.69, 9.17) is 0 Å². The maximum Gasteiger partial charge on any atom is 0.150 e. The van der Waals surface area contributed by atoms with Crippen molar-refractivity contribution in [3.63, 3.8) is 0 Å². The van der Waals surface area contributed by atoms with Crippen LogP contribution in [-0.4, -0.2) is 33.5 Å². The van der Waals surface area contributed by atoms with Crippen molar-refractivity contribution in [3.05, 3.63) is 0 Å². The van der Waals surface area contributed by atoms with Gasteiger partial charge >= 0.3 is 0 Å². The molecule has 2 aliphatic rings.